The predicted octanol–water partition coefficient (Wildman–Crippen LogP) is 5.01. The van der Waals surface area contributed by atoms with Gasteiger partial charge in [0.2, 0.25) is 0 Å². The van der Waals surface area contributed by atoms with Crippen molar-refractivity contribution in [1.29, 1.82) is 0 Å². The van der Waals surface area contributed by atoms with E-state index in [4.69, 9.17) is 27.9 Å². The summed E-state index contributed by atoms with van der Waals surface area (Å²) in [7, 11) is 0. The molecule has 2 aromatic carbocycles. The van der Waals surface area contributed by atoms with E-state index in [1.807, 2.05) is 0 Å². The molecule has 0 fully saturated rings. The molecule has 1 atom stereocenters. The third-order valence-corrected chi connectivity index (χ3v) is 5.64. The van der Waals surface area contributed by atoms with Crippen LogP contribution >= 0.6 is 23.2 Å². The Morgan fingerprint density at radius 1 is 1.24 bits per heavy atom. The Morgan fingerprint density at radius 2 is 1.88 bits per heavy atom. The van der Waals surface area contributed by atoms with Crippen molar-refractivity contribution in [2.75, 3.05) is 0 Å². The van der Waals surface area contributed by atoms with Crippen LogP contribution in [0.5, 0.6) is 5.75 Å². The number of ether oxygens (including phenoxy) is 1. The van der Waals surface area contributed by atoms with E-state index in [0.29, 0.717) is 27.1 Å². The average Bonchev–Trinajstić information content (AvgIpc) is 3.07. The number of carbonyl (C=O) groups excluding carboxylic acids is 1. The zero-order valence-electron chi connectivity index (χ0n) is 18.1. The summed E-state index contributed by atoms with van der Waals surface area (Å²) >= 11 is 12.3. The molecule has 0 saturated carbocycles. The summed E-state index contributed by atoms with van der Waals surface area (Å²) in [5, 5.41) is 20.3. The number of nitro groups is 1. The fourth-order valence-electron chi connectivity index (χ4n) is 3.15. The molecule has 1 heterocycles. The molecule has 1 amide bonds. The molecule has 1 unspecified atom stereocenters. The van der Waals surface area contributed by atoms with E-state index in [1.165, 1.54) is 17.8 Å². The Morgan fingerprint density at radius 3 is 2.45 bits per heavy atom. The Bertz CT molecular complexity index is 1190. The fraction of sp³-hybridized carbons (Fsp3) is 0.227. The molecule has 33 heavy (non-hydrogen) atoms. The van der Waals surface area contributed by atoms with Crippen molar-refractivity contribution in [2.24, 2.45) is 5.10 Å². The maximum absolute atomic E-state index is 12.4. The van der Waals surface area contributed by atoms with Crippen LogP contribution in [-0.4, -0.2) is 26.8 Å². The first-order valence-corrected chi connectivity index (χ1v) is 10.6. The molecule has 0 spiro atoms. The van der Waals surface area contributed by atoms with Gasteiger partial charge in [-0.15, -0.1) is 0 Å². The molecule has 1 aromatic heterocycles. The summed E-state index contributed by atoms with van der Waals surface area (Å²) in [4.78, 5) is 23.1. The van der Waals surface area contributed by atoms with Crippen LogP contribution in [0.25, 0.3) is 0 Å². The molecule has 0 aliphatic carbocycles. The number of hydrazone groups is 1. The Hall–Kier alpha value is -3.43. The normalized spacial score (nSPS) is 12.0. The summed E-state index contributed by atoms with van der Waals surface area (Å²) < 4.78 is 7.05. The highest BCUT2D eigenvalue weighted by molar-refractivity contribution is 6.35. The van der Waals surface area contributed by atoms with Crippen molar-refractivity contribution in [1.82, 2.24) is 15.2 Å². The highest BCUT2D eigenvalue weighted by Crippen LogP contribution is 2.26. The number of aryl methyl sites for hydroxylation is 1. The zero-order chi connectivity index (χ0) is 24.1. The first kappa shape index (κ1) is 24.2. The van der Waals surface area contributed by atoms with Gasteiger partial charge >= 0.3 is 5.69 Å². The third-order valence-electron chi connectivity index (χ3n) is 4.93. The van der Waals surface area contributed by atoms with Gasteiger partial charge in [0.15, 0.2) is 0 Å². The van der Waals surface area contributed by atoms with E-state index in [0.717, 1.165) is 5.56 Å². The minimum Gasteiger partial charge on any atom is -0.489 e. The molecular formula is C22H21Cl2N5O4. The van der Waals surface area contributed by atoms with Gasteiger partial charge in [-0.05, 0) is 62.7 Å². The average molecular weight is 490 g/mol. The van der Waals surface area contributed by atoms with Crippen molar-refractivity contribution in [3.63, 3.8) is 0 Å². The van der Waals surface area contributed by atoms with E-state index < -0.39 is 16.9 Å². The van der Waals surface area contributed by atoms with Crippen molar-refractivity contribution in [3.05, 3.63) is 85.1 Å². The van der Waals surface area contributed by atoms with E-state index in [2.05, 4.69) is 15.6 Å². The third kappa shape index (κ3) is 5.68. The van der Waals surface area contributed by atoms with Crippen molar-refractivity contribution in [3.8, 4) is 5.75 Å². The number of aromatic nitrogens is 2. The molecule has 0 aliphatic heterocycles. The molecule has 9 nitrogen and oxygen atoms in total. The second-order valence-electron chi connectivity index (χ2n) is 7.19. The lowest BCUT2D eigenvalue weighted by molar-refractivity contribution is -0.386. The molecule has 3 aromatic rings. The zero-order valence-corrected chi connectivity index (χ0v) is 19.6. The summed E-state index contributed by atoms with van der Waals surface area (Å²) in [6.07, 6.45) is 1.48. The van der Waals surface area contributed by atoms with Gasteiger partial charge < -0.3 is 4.74 Å². The number of hydrogen-bond donors (Lipinski definition) is 1. The molecule has 3 rings (SSSR count). The topological polar surface area (TPSA) is 112 Å². The van der Waals surface area contributed by atoms with E-state index >= 15 is 0 Å². The van der Waals surface area contributed by atoms with Gasteiger partial charge in [0.05, 0.1) is 11.1 Å². The lowest BCUT2D eigenvalue weighted by Crippen LogP contribution is -2.28. The van der Waals surface area contributed by atoms with Gasteiger partial charge in [-0.3, -0.25) is 19.6 Å². The van der Waals surface area contributed by atoms with Crippen molar-refractivity contribution >= 4 is 41.0 Å². The Kier molecular flexibility index (Phi) is 7.67. The quantitative estimate of drug-likeness (QED) is 0.271. The van der Waals surface area contributed by atoms with E-state index in [1.54, 1.807) is 56.3 Å². The van der Waals surface area contributed by atoms with Crippen molar-refractivity contribution < 1.29 is 14.5 Å². The largest absolute Gasteiger partial charge is 0.489 e. The van der Waals surface area contributed by atoms with Gasteiger partial charge in [0.25, 0.3) is 5.91 Å². The molecule has 11 heteroatoms. The van der Waals surface area contributed by atoms with Gasteiger partial charge in [0.1, 0.15) is 29.8 Å². The monoisotopic (exact) mass is 489 g/mol. The number of benzene rings is 2. The molecule has 0 radical (unpaired) electrons. The number of nitrogens with one attached hydrogen (secondary N) is 1. The van der Waals surface area contributed by atoms with Crippen LogP contribution in [0.1, 0.15) is 35.5 Å². The molecule has 0 bridgehead atoms. The number of carbonyl (C=O) groups is 1. The molecule has 0 saturated heterocycles. The molecule has 0 aliphatic rings. The number of amides is 1. The SMILES string of the molecule is Cc1nn(C(C)C(=O)NN=Cc2ccc(OCc3c(Cl)cccc3Cl)cc2)c(C)c1[N+](=O)[O-]. The van der Waals surface area contributed by atoms with Crippen LogP contribution < -0.4 is 10.2 Å². The van der Waals surface area contributed by atoms with Gasteiger partial charge in [0, 0.05) is 15.6 Å². The van der Waals surface area contributed by atoms with Crippen LogP contribution in [0.4, 0.5) is 5.69 Å². The first-order valence-electron chi connectivity index (χ1n) is 9.87. The molecule has 172 valence electrons. The number of hydrogen-bond acceptors (Lipinski definition) is 6. The maximum atomic E-state index is 12.4. The lowest BCUT2D eigenvalue weighted by Gasteiger charge is -2.11. The molecule has 1 N–H and O–H groups in total. The fourth-order valence-corrected chi connectivity index (χ4v) is 3.65. The summed E-state index contributed by atoms with van der Waals surface area (Å²) in [6, 6.07) is 11.5. The maximum Gasteiger partial charge on any atom is 0.312 e. The highest BCUT2D eigenvalue weighted by atomic mass is 35.5. The predicted molar refractivity (Wildman–Crippen MR) is 126 cm³/mol. The van der Waals surface area contributed by atoms with Crippen LogP contribution in [0.3, 0.4) is 0 Å². The second kappa shape index (κ2) is 10.5. The number of nitrogens with zero attached hydrogens (tertiary/aromatic N) is 4. The minimum atomic E-state index is -0.776. The van der Waals surface area contributed by atoms with Crippen LogP contribution in [-0.2, 0) is 11.4 Å². The van der Waals surface area contributed by atoms with Gasteiger partial charge in [-0.2, -0.15) is 10.2 Å². The standard InChI is InChI=1S/C22H21Cl2N5O4/c1-13-21(29(31)32)14(2)28(27-13)15(3)22(30)26-25-11-16-7-9-17(10-8-16)33-12-18-19(23)5-4-6-20(18)24/h4-11,15H,12H2,1-3H3,(H,26,30). The van der Waals surface area contributed by atoms with Gasteiger partial charge in [-0.1, -0.05) is 29.3 Å². The summed E-state index contributed by atoms with van der Waals surface area (Å²) in [6.45, 7) is 4.89. The van der Waals surface area contributed by atoms with E-state index in [-0.39, 0.29) is 18.0 Å². The van der Waals surface area contributed by atoms with Crippen LogP contribution in [0.15, 0.2) is 47.6 Å². The Labute approximate surface area is 200 Å². The van der Waals surface area contributed by atoms with Gasteiger partial charge in [-0.25, -0.2) is 5.43 Å². The number of rotatable bonds is 8. The lowest BCUT2D eigenvalue weighted by atomic mass is 10.2. The second-order valence-corrected chi connectivity index (χ2v) is 8.00. The number of halogens is 2. The first-order chi connectivity index (χ1) is 15.7. The summed E-state index contributed by atoms with van der Waals surface area (Å²) in [5.41, 5.74) is 4.32. The smallest absolute Gasteiger partial charge is 0.312 e. The van der Waals surface area contributed by atoms with Crippen LogP contribution in [0, 0.1) is 24.0 Å². The highest BCUT2D eigenvalue weighted by Gasteiger charge is 2.26. The van der Waals surface area contributed by atoms with Crippen LogP contribution in [0.2, 0.25) is 10.0 Å². The van der Waals surface area contributed by atoms with Crippen molar-refractivity contribution in [2.45, 2.75) is 33.4 Å². The molecular weight excluding hydrogens is 469 g/mol. The minimum absolute atomic E-state index is 0.0998. The summed E-state index contributed by atoms with van der Waals surface area (Å²) in [5.74, 6) is 0.162. The Balaban J connectivity index is 1.57. The van der Waals surface area contributed by atoms with E-state index in [9.17, 15) is 14.9 Å².